The number of fused-ring (bicyclic) bond motifs is 1. The molecule has 3 aliphatic heterocycles. The van der Waals surface area contributed by atoms with E-state index >= 15 is 0 Å². The summed E-state index contributed by atoms with van der Waals surface area (Å²) in [5, 5.41) is 2.43. The molecule has 0 bridgehead atoms. The monoisotopic (exact) mass is 378 g/mol. The Morgan fingerprint density at radius 2 is 1.70 bits per heavy atom. The molecule has 0 aromatic carbocycles. The summed E-state index contributed by atoms with van der Waals surface area (Å²) in [5.74, 6) is 0.986. The molecular formula is C22H42N4O. The van der Waals surface area contributed by atoms with Crippen molar-refractivity contribution in [2.45, 2.75) is 88.9 Å². The molecule has 2 atom stereocenters. The van der Waals surface area contributed by atoms with Crippen molar-refractivity contribution in [3.63, 3.8) is 0 Å². The normalized spacial score (nSPS) is 32.2. The molecule has 1 N–H and O–H groups in total. The molecule has 0 amide bonds. The Balaban J connectivity index is 1.09. The maximum atomic E-state index is 6.17. The van der Waals surface area contributed by atoms with Gasteiger partial charge in [-0.15, -0.1) is 0 Å². The number of nitrogens with zero attached hydrogens (tertiary/aromatic N) is 3. The van der Waals surface area contributed by atoms with E-state index < -0.39 is 0 Å². The van der Waals surface area contributed by atoms with Crippen molar-refractivity contribution >= 4 is 0 Å². The fraction of sp³-hybridized carbons (Fsp3) is 1.00. The summed E-state index contributed by atoms with van der Waals surface area (Å²) < 4.78 is 6.17. The third-order valence-corrected chi connectivity index (χ3v) is 7.61. The predicted octanol–water partition coefficient (Wildman–Crippen LogP) is 3.07. The third-order valence-electron chi connectivity index (χ3n) is 7.61. The maximum Gasteiger partial charge on any atom is 0.122 e. The van der Waals surface area contributed by atoms with Crippen LogP contribution < -0.4 is 5.43 Å². The molecular weight excluding hydrogens is 336 g/mol. The van der Waals surface area contributed by atoms with Crippen molar-refractivity contribution in [1.82, 2.24) is 20.2 Å². The van der Waals surface area contributed by atoms with Gasteiger partial charge in [-0.3, -0.25) is 0 Å². The van der Waals surface area contributed by atoms with Crippen LogP contribution in [0.5, 0.6) is 0 Å². The van der Waals surface area contributed by atoms with E-state index in [9.17, 15) is 0 Å². The van der Waals surface area contributed by atoms with E-state index in [0.717, 1.165) is 31.2 Å². The molecule has 4 aliphatic rings. The second-order valence-electron chi connectivity index (χ2n) is 9.58. The van der Waals surface area contributed by atoms with Gasteiger partial charge in [-0.2, -0.15) is 0 Å². The molecule has 0 radical (unpaired) electrons. The molecule has 0 aromatic rings. The van der Waals surface area contributed by atoms with Crippen molar-refractivity contribution in [3.05, 3.63) is 0 Å². The zero-order chi connectivity index (χ0) is 18.5. The lowest BCUT2D eigenvalue weighted by atomic mass is 9.88. The Morgan fingerprint density at radius 3 is 2.48 bits per heavy atom. The van der Waals surface area contributed by atoms with Crippen molar-refractivity contribution < 1.29 is 4.74 Å². The van der Waals surface area contributed by atoms with E-state index in [1.54, 1.807) is 0 Å². The fourth-order valence-corrected chi connectivity index (χ4v) is 5.80. The first kappa shape index (κ1) is 20.1. The van der Waals surface area contributed by atoms with Crippen LogP contribution in [-0.2, 0) is 4.74 Å². The van der Waals surface area contributed by atoms with Crippen LogP contribution in [0.4, 0.5) is 0 Å². The summed E-state index contributed by atoms with van der Waals surface area (Å²) >= 11 is 0. The third kappa shape index (κ3) is 5.66. The summed E-state index contributed by atoms with van der Waals surface area (Å²) in [6, 6.07) is 1.47. The van der Waals surface area contributed by atoms with Crippen molar-refractivity contribution in [3.8, 4) is 0 Å². The van der Waals surface area contributed by atoms with E-state index in [1.165, 1.54) is 96.8 Å². The van der Waals surface area contributed by atoms with Crippen LogP contribution in [0.2, 0.25) is 0 Å². The highest BCUT2D eigenvalue weighted by atomic mass is 16.5. The molecule has 4 rings (SSSR count). The highest BCUT2D eigenvalue weighted by molar-refractivity contribution is 4.84. The van der Waals surface area contributed by atoms with Crippen LogP contribution in [-0.4, -0.2) is 79.5 Å². The first-order valence-electron chi connectivity index (χ1n) is 11.8. The Labute approximate surface area is 166 Å². The van der Waals surface area contributed by atoms with Crippen LogP contribution in [0.3, 0.4) is 0 Å². The molecule has 5 nitrogen and oxygen atoms in total. The molecule has 1 saturated carbocycles. The van der Waals surface area contributed by atoms with Crippen molar-refractivity contribution in [1.29, 1.82) is 0 Å². The van der Waals surface area contributed by atoms with Gasteiger partial charge in [0.05, 0.1) is 6.61 Å². The second kappa shape index (κ2) is 10.0. The average molecular weight is 379 g/mol. The fourth-order valence-electron chi connectivity index (χ4n) is 5.80. The molecule has 156 valence electrons. The van der Waals surface area contributed by atoms with Gasteiger partial charge in [0.2, 0.25) is 0 Å². The lowest BCUT2D eigenvalue weighted by Crippen LogP contribution is -2.46. The van der Waals surface area contributed by atoms with Gasteiger partial charge in [0.15, 0.2) is 0 Å². The first-order valence-corrected chi connectivity index (χ1v) is 11.8. The van der Waals surface area contributed by atoms with E-state index in [2.05, 4.69) is 27.3 Å². The number of likely N-dealkylation sites (tertiary alicyclic amines) is 1. The molecule has 3 saturated heterocycles. The van der Waals surface area contributed by atoms with Crippen molar-refractivity contribution in [2.75, 3.05) is 46.4 Å². The summed E-state index contributed by atoms with van der Waals surface area (Å²) in [7, 11) is 2.30. The Bertz CT molecular complexity index is 420. The van der Waals surface area contributed by atoms with Crippen LogP contribution >= 0.6 is 0 Å². The number of hydrazine groups is 1. The minimum Gasteiger partial charge on any atom is -0.361 e. The first-order chi connectivity index (χ1) is 13.3. The van der Waals surface area contributed by atoms with Gasteiger partial charge in [0.1, 0.15) is 6.23 Å². The molecule has 27 heavy (non-hydrogen) atoms. The van der Waals surface area contributed by atoms with Crippen LogP contribution in [0, 0.1) is 5.92 Å². The minimum atomic E-state index is 0.249. The molecule has 2 unspecified atom stereocenters. The number of ether oxygens (including phenoxy) is 1. The standard InChI is InChI=1S/C22H42N4O/c1-24(15-16-27-22-17-21-9-5-6-12-26(21)23-22)20-10-13-25(14-11-20)18-19-7-3-2-4-8-19/h19-23H,2-18H2,1H3. The van der Waals surface area contributed by atoms with E-state index in [1.807, 2.05) is 0 Å². The van der Waals surface area contributed by atoms with Crippen LogP contribution in [0.15, 0.2) is 0 Å². The van der Waals surface area contributed by atoms with Gasteiger partial charge in [0.25, 0.3) is 0 Å². The second-order valence-corrected chi connectivity index (χ2v) is 9.58. The van der Waals surface area contributed by atoms with E-state index in [0.29, 0.717) is 0 Å². The summed E-state index contributed by atoms with van der Waals surface area (Å²) in [4.78, 5) is 5.30. The van der Waals surface area contributed by atoms with Gasteiger partial charge < -0.3 is 14.5 Å². The van der Waals surface area contributed by atoms with Gasteiger partial charge in [-0.05, 0) is 64.6 Å². The Kier molecular flexibility index (Phi) is 7.45. The summed E-state index contributed by atoms with van der Waals surface area (Å²) in [6.07, 6.45) is 15.5. The zero-order valence-corrected chi connectivity index (χ0v) is 17.6. The Hall–Kier alpha value is -0.200. The van der Waals surface area contributed by atoms with E-state index in [-0.39, 0.29) is 6.23 Å². The van der Waals surface area contributed by atoms with Gasteiger partial charge in [0, 0.05) is 38.1 Å². The molecule has 4 fully saturated rings. The quantitative estimate of drug-likeness (QED) is 0.736. The lowest BCUT2D eigenvalue weighted by molar-refractivity contribution is -0.000424. The highest BCUT2D eigenvalue weighted by Crippen LogP contribution is 2.27. The Morgan fingerprint density at radius 1 is 0.926 bits per heavy atom. The average Bonchev–Trinajstić information content (AvgIpc) is 3.12. The largest absolute Gasteiger partial charge is 0.361 e. The smallest absolute Gasteiger partial charge is 0.122 e. The zero-order valence-electron chi connectivity index (χ0n) is 17.6. The van der Waals surface area contributed by atoms with E-state index in [4.69, 9.17) is 4.74 Å². The number of piperidine rings is 2. The molecule has 0 spiro atoms. The van der Waals surface area contributed by atoms with Gasteiger partial charge >= 0.3 is 0 Å². The highest BCUT2D eigenvalue weighted by Gasteiger charge is 2.33. The number of hydrogen-bond acceptors (Lipinski definition) is 5. The number of nitrogens with one attached hydrogen (secondary N) is 1. The van der Waals surface area contributed by atoms with Gasteiger partial charge in [-0.25, -0.2) is 10.4 Å². The summed E-state index contributed by atoms with van der Waals surface area (Å²) in [6.45, 7) is 7.09. The molecule has 5 heteroatoms. The number of likely N-dealkylation sites (N-methyl/N-ethyl adjacent to an activating group) is 1. The van der Waals surface area contributed by atoms with Crippen LogP contribution in [0.25, 0.3) is 0 Å². The number of rotatable bonds is 7. The topological polar surface area (TPSA) is 31.0 Å². The van der Waals surface area contributed by atoms with Gasteiger partial charge in [-0.1, -0.05) is 25.7 Å². The maximum absolute atomic E-state index is 6.17. The molecule has 0 aromatic heterocycles. The minimum absolute atomic E-state index is 0.249. The number of hydrogen-bond donors (Lipinski definition) is 1. The lowest BCUT2D eigenvalue weighted by Gasteiger charge is -2.38. The van der Waals surface area contributed by atoms with Crippen molar-refractivity contribution in [2.24, 2.45) is 5.92 Å². The molecule has 1 aliphatic carbocycles. The SMILES string of the molecule is CN(CCOC1CC2CCCCN2N1)C1CCN(CC2CCCCC2)CC1. The molecule has 3 heterocycles. The van der Waals surface area contributed by atoms with Crippen LogP contribution in [0.1, 0.15) is 70.6 Å². The summed E-state index contributed by atoms with van der Waals surface area (Å²) in [5.41, 5.74) is 3.58. The predicted molar refractivity (Wildman–Crippen MR) is 111 cm³/mol.